The second-order valence-electron chi connectivity index (χ2n) is 8.93. The van der Waals surface area contributed by atoms with Gasteiger partial charge in [-0.05, 0) is 66.8 Å². The van der Waals surface area contributed by atoms with Crippen LogP contribution in [0.15, 0.2) is 90.0 Å². The molecular formula is C29H31ClN4O3S. The Morgan fingerprint density at radius 3 is 2.39 bits per heavy atom. The number of aryl methyl sites for hydroxylation is 1. The number of nitrogens with zero attached hydrogens (tertiary/aromatic N) is 1. The van der Waals surface area contributed by atoms with E-state index in [0.29, 0.717) is 43.9 Å². The highest BCUT2D eigenvalue weighted by molar-refractivity contribution is 7.89. The summed E-state index contributed by atoms with van der Waals surface area (Å²) in [6.07, 6.45) is 4.02. The van der Waals surface area contributed by atoms with Crippen LogP contribution in [0.3, 0.4) is 0 Å². The molecule has 0 aliphatic heterocycles. The predicted molar refractivity (Wildman–Crippen MR) is 153 cm³/mol. The molecule has 38 heavy (non-hydrogen) atoms. The Morgan fingerprint density at radius 1 is 0.842 bits per heavy atom. The average molecular weight is 551 g/mol. The first-order valence-corrected chi connectivity index (χ1v) is 14.4. The van der Waals surface area contributed by atoms with E-state index >= 15 is 0 Å². The number of anilines is 1. The minimum Gasteiger partial charge on any atom is -0.384 e. The minimum absolute atomic E-state index is 0.0340. The summed E-state index contributed by atoms with van der Waals surface area (Å²) >= 11 is 6.04. The van der Waals surface area contributed by atoms with Crippen LogP contribution >= 0.6 is 11.6 Å². The van der Waals surface area contributed by atoms with E-state index < -0.39 is 10.0 Å². The number of sulfonamides is 1. The molecule has 0 spiro atoms. The predicted octanol–water partition coefficient (Wildman–Crippen LogP) is 4.96. The third-order valence-corrected chi connectivity index (χ3v) is 7.83. The van der Waals surface area contributed by atoms with Crippen molar-refractivity contribution in [1.82, 2.24) is 15.0 Å². The number of carbonyl (C=O) groups excluding carboxylic acids is 1. The molecule has 0 radical (unpaired) electrons. The first-order valence-electron chi connectivity index (χ1n) is 12.6. The standard InChI is InChI=1S/C29H31ClN4O3S/c30-24-10-13-26-27(16-19-32-28(26)21-24)31-17-4-18-33-29(35)14-9-23-7-11-25(12-8-23)38(36,37)34-20-15-22-5-2-1-3-6-22/h1-3,5-8,10-13,16,19,21,34H,4,9,14-15,17-18,20H2,(H,31,32)(H,33,35). The molecule has 0 unspecified atom stereocenters. The number of aromatic nitrogens is 1. The zero-order valence-corrected chi connectivity index (χ0v) is 22.6. The van der Waals surface area contributed by atoms with Crippen LogP contribution in [0.2, 0.25) is 5.02 Å². The van der Waals surface area contributed by atoms with Crippen molar-refractivity contribution < 1.29 is 13.2 Å². The molecular weight excluding hydrogens is 520 g/mol. The Kier molecular flexibility index (Phi) is 9.70. The van der Waals surface area contributed by atoms with Gasteiger partial charge in [0.1, 0.15) is 0 Å². The molecule has 9 heteroatoms. The van der Waals surface area contributed by atoms with Crippen molar-refractivity contribution in [2.75, 3.05) is 25.0 Å². The summed E-state index contributed by atoms with van der Waals surface area (Å²) in [5, 5.41) is 7.98. The molecule has 0 saturated carbocycles. The lowest BCUT2D eigenvalue weighted by molar-refractivity contribution is -0.121. The van der Waals surface area contributed by atoms with E-state index in [9.17, 15) is 13.2 Å². The summed E-state index contributed by atoms with van der Waals surface area (Å²) in [6.45, 7) is 1.60. The monoisotopic (exact) mass is 550 g/mol. The maximum absolute atomic E-state index is 12.6. The Balaban J connectivity index is 1.14. The number of benzene rings is 3. The molecule has 4 rings (SSSR count). The van der Waals surface area contributed by atoms with Gasteiger partial charge in [0.2, 0.25) is 15.9 Å². The van der Waals surface area contributed by atoms with Crippen LogP contribution in [0.5, 0.6) is 0 Å². The zero-order chi connectivity index (χ0) is 26.8. The summed E-state index contributed by atoms with van der Waals surface area (Å²) in [7, 11) is -3.57. The summed E-state index contributed by atoms with van der Waals surface area (Å²) in [5.74, 6) is -0.0340. The number of carbonyl (C=O) groups is 1. The van der Waals surface area contributed by atoms with Gasteiger partial charge in [0.15, 0.2) is 0 Å². The SMILES string of the molecule is O=C(CCc1ccc(S(=O)(=O)NCCc2ccccc2)cc1)NCCCNc1ccnc2cc(Cl)ccc12. The number of rotatable bonds is 13. The maximum atomic E-state index is 12.6. The average Bonchev–Trinajstić information content (AvgIpc) is 2.92. The highest BCUT2D eigenvalue weighted by atomic mass is 35.5. The van der Waals surface area contributed by atoms with Crippen molar-refractivity contribution in [3.05, 3.63) is 101 Å². The number of hydrogen-bond acceptors (Lipinski definition) is 5. The highest BCUT2D eigenvalue weighted by Crippen LogP contribution is 2.24. The van der Waals surface area contributed by atoms with Gasteiger partial charge in [-0.3, -0.25) is 9.78 Å². The summed E-state index contributed by atoms with van der Waals surface area (Å²) in [5.41, 5.74) is 3.80. The number of hydrogen-bond donors (Lipinski definition) is 3. The zero-order valence-electron chi connectivity index (χ0n) is 21.0. The van der Waals surface area contributed by atoms with E-state index in [4.69, 9.17) is 11.6 Å². The van der Waals surface area contributed by atoms with Crippen LogP contribution < -0.4 is 15.4 Å². The summed E-state index contributed by atoms with van der Waals surface area (Å²) < 4.78 is 27.7. The van der Waals surface area contributed by atoms with Gasteiger partial charge in [-0.25, -0.2) is 13.1 Å². The van der Waals surface area contributed by atoms with Gasteiger partial charge in [0, 0.05) is 48.3 Å². The lowest BCUT2D eigenvalue weighted by Crippen LogP contribution is -2.26. The van der Waals surface area contributed by atoms with Gasteiger partial charge in [-0.2, -0.15) is 0 Å². The van der Waals surface area contributed by atoms with Crippen molar-refractivity contribution in [1.29, 1.82) is 0 Å². The third kappa shape index (κ3) is 8.02. The van der Waals surface area contributed by atoms with E-state index in [1.807, 2.05) is 54.6 Å². The summed E-state index contributed by atoms with van der Waals surface area (Å²) in [6, 6.07) is 24.0. The second kappa shape index (κ2) is 13.4. The fourth-order valence-corrected chi connectivity index (χ4v) is 5.25. The quantitative estimate of drug-likeness (QED) is 0.204. The molecule has 198 valence electrons. The van der Waals surface area contributed by atoms with Gasteiger partial charge < -0.3 is 10.6 Å². The van der Waals surface area contributed by atoms with E-state index in [-0.39, 0.29) is 10.8 Å². The van der Waals surface area contributed by atoms with Crippen molar-refractivity contribution in [3.63, 3.8) is 0 Å². The maximum Gasteiger partial charge on any atom is 0.240 e. The van der Waals surface area contributed by atoms with Gasteiger partial charge in [-0.1, -0.05) is 54.1 Å². The number of fused-ring (bicyclic) bond motifs is 1. The fourth-order valence-electron chi connectivity index (χ4n) is 4.05. The number of pyridine rings is 1. The van der Waals surface area contributed by atoms with Crippen LogP contribution in [0.4, 0.5) is 5.69 Å². The first-order chi connectivity index (χ1) is 18.4. The number of halogens is 1. The normalized spacial score (nSPS) is 11.4. The molecule has 1 heterocycles. The lowest BCUT2D eigenvalue weighted by atomic mass is 10.1. The molecule has 0 fully saturated rings. The highest BCUT2D eigenvalue weighted by Gasteiger charge is 2.13. The van der Waals surface area contributed by atoms with Crippen LogP contribution in [-0.4, -0.2) is 38.9 Å². The molecule has 4 aromatic rings. The molecule has 7 nitrogen and oxygen atoms in total. The minimum atomic E-state index is -3.57. The Labute approximate surface area is 228 Å². The second-order valence-corrected chi connectivity index (χ2v) is 11.1. The molecule has 0 bridgehead atoms. The van der Waals surface area contributed by atoms with Crippen LogP contribution in [0.25, 0.3) is 10.9 Å². The van der Waals surface area contributed by atoms with Gasteiger partial charge in [-0.15, -0.1) is 0 Å². The molecule has 1 aromatic heterocycles. The van der Waals surface area contributed by atoms with E-state index in [2.05, 4.69) is 20.3 Å². The number of amides is 1. The molecule has 1 amide bonds. The first kappa shape index (κ1) is 27.6. The molecule has 0 aliphatic rings. The number of nitrogens with one attached hydrogen (secondary N) is 3. The summed E-state index contributed by atoms with van der Waals surface area (Å²) in [4.78, 5) is 16.8. The molecule has 3 aromatic carbocycles. The fraction of sp³-hybridized carbons (Fsp3) is 0.241. The van der Waals surface area contributed by atoms with Gasteiger partial charge >= 0.3 is 0 Å². The van der Waals surface area contributed by atoms with Crippen molar-refractivity contribution in [2.24, 2.45) is 0 Å². The van der Waals surface area contributed by atoms with Crippen molar-refractivity contribution in [2.45, 2.75) is 30.6 Å². The third-order valence-electron chi connectivity index (χ3n) is 6.12. The smallest absolute Gasteiger partial charge is 0.240 e. The van der Waals surface area contributed by atoms with Gasteiger partial charge in [0.25, 0.3) is 0 Å². The van der Waals surface area contributed by atoms with Crippen molar-refractivity contribution in [3.8, 4) is 0 Å². The molecule has 0 atom stereocenters. The Hall–Kier alpha value is -3.46. The Bertz CT molecular complexity index is 1460. The van der Waals surface area contributed by atoms with Crippen molar-refractivity contribution >= 4 is 44.1 Å². The largest absolute Gasteiger partial charge is 0.384 e. The van der Waals surface area contributed by atoms with E-state index in [1.165, 1.54) is 0 Å². The Morgan fingerprint density at radius 2 is 1.61 bits per heavy atom. The van der Waals surface area contributed by atoms with Crippen LogP contribution in [0, 0.1) is 0 Å². The molecule has 0 saturated heterocycles. The van der Waals surface area contributed by atoms with Crippen LogP contribution in [-0.2, 0) is 27.7 Å². The topological polar surface area (TPSA) is 100 Å². The van der Waals surface area contributed by atoms with Gasteiger partial charge in [0.05, 0.1) is 10.4 Å². The van der Waals surface area contributed by atoms with E-state index in [1.54, 1.807) is 30.5 Å². The van der Waals surface area contributed by atoms with Crippen LogP contribution in [0.1, 0.15) is 24.0 Å². The molecule has 0 aliphatic carbocycles. The van der Waals surface area contributed by atoms with E-state index in [0.717, 1.165) is 34.1 Å². The lowest BCUT2D eigenvalue weighted by Gasteiger charge is -2.10. The molecule has 3 N–H and O–H groups in total.